The zero-order valence-electron chi connectivity index (χ0n) is 16.0. The Balaban J connectivity index is 2.03. The van der Waals surface area contributed by atoms with Crippen molar-refractivity contribution >= 4 is 18.4 Å². The van der Waals surface area contributed by atoms with Crippen molar-refractivity contribution < 1.29 is 14.2 Å². The molecule has 28 heavy (non-hydrogen) atoms. The van der Waals surface area contributed by atoms with E-state index in [9.17, 15) is 0 Å². The predicted molar refractivity (Wildman–Crippen MR) is 111 cm³/mol. The van der Waals surface area contributed by atoms with Crippen LogP contribution in [0.3, 0.4) is 0 Å². The van der Waals surface area contributed by atoms with Crippen molar-refractivity contribution in [3.05, 3.63) is 52.8 Å². The van der Waals surface area contributed by atoms with Crippen molar-refractivity contribution in [3.63, 3.8) is 0 Å². The lowest BCUT2D eigenvalue weighted by atomic mass is 10.2. The molecule has 0 spiro atoms. The van der Waals surface area contributed by atoms with Crippen molar-refractivity contribution in [2.45, 2.75) is 13.8 Å². The van der Waals surface area contributed by atoms with Crippen LogP contribution in [0.2, 0.25) is 0 Å². The van der Waals surface area contributed by atoms with Gasteiger partial charge in [0.25, 0.3) is 0 Å². The van der Waals surface area contributed by atoms with Crippen molar-refractivity contribution in [2.24, 2.45) is 5.10 Å². The molecule has 0 saturated heterocycles. The van der Waals surface area contributed by atoms with Gasteiger partial charge in [-0.1, -0.05) is 18.2 Å². The van der Waals surface area contributed by atoms with E-state index < -0.39 is 0 Å². The largest absolute Gasteiger partial charge is 0.493 e. The van der Waals surface area contributed by atoms with Gasteiger partial charge in [-0.15, -0.1) is 0 Å². The van der Waals surface area contributed by atoms with Gasteiger partial charge in [0.1, 0.15) is 5.75 Å². The van der Waals surface area contributed by atoms with Gasteiger partial charge in [-0.3, -0.25) is 0 Å². The molecule has 0 aliphatic heterocycles. The molecule has 1 aromatic heterocycles. The summed E-state index contributed by atoms with van der Waals surface area (Å²) in [4.78, 5) is 0. The zero-order chi connectivity index (χ0) is 19.9. The molecule has 0 radical (unpaired) electrons. The minimum atomic E-state index is 0.373. The molecule has 0 aliphatic carbocycles. The van der Waals surface area contributed by atoms with Crippen LogP contribution < -0.4 is 14.2 Å². The first-order valence-corrected chi connectivity index (χ1v) is 9.34. The van der Waals surface area contributed by atoms with Crippen LogP contribution in [0, 0.1) is 4.77 Å². The molecule has 3 rings (SSSR count). The number of hydrogen-bond donors (Lipinski definition) is 1. The van der Waals surface area contributed by atoms with Gasteiger partial charge in [-0.2, -0.15) is 14.9 Å². The number of aromatic amines is 1. The van der Waals surface area contributed by atoms with Crippen molar-refractivity contribution in [1.82, 2.24) is 14.9 Å². The normalized spacial score (nSPS) is 11.0. The Morgan fingerprint density at radius 1 is 1.07 bits per heavy atom. The zero-order valence-corrected chi connectivity index (χ0v) is 16.8. The number of hydrogen-bond acceptors (Lipinski definition) is 6. The number of benzene rings is 2. The Morgan fingerprint density at radius 2 is 1.79 bits per heavy atom. The molecular weight excluding hydrogens is 376 g/mol. The second-order valence-electron chi connectivity index (χ2n) is 5.65. The van der Waals surface area contributed by atoms with E-state index in [1.807, 2.05) is 56.3 Å². The van der Waals surface area contributed by atoms with Crippen LogP contribution in [0.4, 0.5) is 0 Å². The molecule has 0 amide bonds. The van der Waals surface area contributed by atoms with Crippen LogP contribution >= 0.6 is 12.2 Å². The van der Waals surface area contributed by atoms with Crippen molar-refractivity contribution in [1.29, 1.82) is 0 Å². The Morgan fingerprint density at radius 3 is 2.54 bits per heavy atom. The molecule has 0 atom stereocenters. The fraction of sp³-hybridized carbons (Fsp3) is 0.250. The van der Waals surface area contributed by atoms with E-state index >= 15 is 0 Å². The fourth-order valence-corrected chi connectivity index (χ4v) is 2.93. The van der Waals surface area contributed by atoms with E-state index in [4.69, 9.17) is 26.4 Å². The van der Waals surface area contributed by atoms with Crippen LogP contribution in [0.5, 0.6) is 17.2 Å². The number of ether oxygens (including phenoxy) is 3. The molecule has 1 N–H and O–H groups in total. The summed E-state index contributed by atoms with van der Waals surface area (Å²) in [5.41, 5.74) is 1.56. The van der Waals surface area contributed by atoms with E-state index in [1.54, 1.807) is 18.0 Å². The average molecular weight is 398 g/mol. The SMILES string of the molecule is CCOc1ccccc1-c1n[nH]c(=S)n1/N=C\c1cccc(OCC)c1OC. The highest BCUT2D eigenvalue weighted by atomic mass is 32.1. The lowest BCUT2D eigenvalue weighted by Crippen LogP contribution is -2.01. The van der Waals surface area contributed by atoms with E-state index in [0.717, 1.165) is 11.1 Å². The van der Waals surface area contributed by atoms with E-state index in [0.29, 0.717) is 41.1 Å². The van der Waals surface area contributed by atoms with Gasteiger partial charge < -0.3 is 14.2 Å². The summed E-state index contributed by atoms with van der Waals surface area (Å²) in [6, 6.07) is 13.3. The predicted octanol–water partition coefficient (Wildman–Crippen LogP) is 4.30. The van der Waals surface area contributed by atoms with Gasteiger partial charge >= 0.3 is 0 Å². The molecule has 1 heterocycles. The third-order valence-electron chi connectivity index (χ3n) is 3.90. The molecule has 0 aliphatic rings. The fourth-order valence-electron chi connectivity index (χ4n) is 2.75. The second-order valence-corrected chi connectivity index (χ2v) is 6.04. The summed E-state index contributed by atoms with van der Waals surface area (Å²) >= 11 is 5.36. The summed E-state index contributed by atoms with van der Waals surface area (Å²) in [7, 11) is 1.60. The second kappa shape index (κ2) is 9.18. The molecular formula is C20H22N4O3S. The first-order valence-electron chi connectivity index (χ1n) is 8.93. The molecule has 0 unspecified atom stereocenters. The van der Waals surface area contributed by atoms with Crippen LogP contribution in [0.1, 0.15) is 19.4 Å². The number of nitrogens with zero attached hydrogens (tertiary/aromatic N) is 3. The number of H-pyrrole nitrogens is 1. The lowest BCUT2D eigenvalue weighted by Gasteiger charge is -2.11. The van der Waals surface area contributed by atoms with Gasteiger partial charge in [0.05, 0.1) is 32.1 Å². The minimum absolute atomic E-state index is 0.373. The maximum absolute atomic E-state index is 5.71. The lowest BCUT2D eigenvalue weighted by molar-refractivity contribution is 0.310. The van der Waals surface area contributed by atoms with E-state index in [1.165, 1.54) is 0 Å². The summed E-state index contributed by atoms with van der Waals surface area (Å²) in [6.07, 6.45) is 1.67. The first-order chi connectivity index (χ1) is 13.7. The number of aromatic nitrogens is 3. The van der Waals surface area contributed by atoms with Crippen molar-refractivity contribution in [2.75, 3.05) is 20.3 Å². The first kappa shape index (κ1) is 19.6. The maximum atomic E-state index is 5.71. The van der Waals surface area contributed by atoms with E-state index in [-0.39, 0.29) is 0 Å². The highest BCUT2D eigenvalue weighted by Crippen LogP contribution is 2.31. The van der Waals surface area contributed by atoms with Crippen LogP contribution in [-0.4, -0.2) is 41.4 Å². The summed E-state index contributed by atoms with van der Waals surface area (Å²) < 4.78 is 18.8. The van der Waals surface area contributed by atoms with Crippen LogP contribution in [-0.2, 0) is 0 Å². The molecule has 8 heteroatoms. The highest BCUT2D eigenvalue weighted by molar-refractivity contribution is 7.71. The summed E-state index contributed by atoms with van der Waals surface area (Å²) in [5, 5.41) is 11.6. The Labute approximate surface area is 168 Å². The molecule has 0 saturated carbocycles. The molecule has 3 aromatic rings. The van der Waals surface area contributed by atoms with Gasteiger partial charge in [-0.25, -0.2) is 5.10 Å². The monoisotopic (exact) mass is 398 g/mol. The Hall–Kier alpha value is -3.13. The number of para-hydroxylation sites is 2. The molecule has 2 aromatic carbocycles. The van der Waals surface area contributed by atoms with E-state index in [2.05, 4.69) is 15.3 Å². The molecule has 0 fully saturated rings. The van der Waals surface area contributed by atoms with Gasteiger partial charge in [0, 0.05) is 5.56 Å². The van der Waals surface area contributed by atoms with Gasteiger partial charge in [0.2, 0.25) is 4.77 Å². The topological polar surface area (TPSA) is 73.7 Å². The highest BCUT2D eigenvalue weighted by Gasteiger charge is 2.14. The standard InChI is InChI=1S/C20H22N4O3S/c1-4-26-16-11-7-6-10-15(16)19-22-23-20(28)24(19)21-13-14-9-8-12-17(27-5-2)18(14)25-3/h6-13H,4-5H2,1-3H3,(H,23,28)/b21-13-. The minimum Gasteiger partial charge on any atom is -0.493 e. The number of methoxy groups -OCH3 is 1. The molecule has 7 nitrogen and oxygen atoms in total. The van der Waals surface area contributed by atoms with Gasteiger partial charge in [-0.05, 0) is 50.3 Å². The summed E-state index contributed by atoms with van der Waals surface area (Å²) in [6.45, 7) is 4.95. The van der Waals surface area contributed by atoms with Crippen LogP contribution in [0.25, 0.3) is 11.4 Å². The Kier molecular flexibility index (Phi) is 6.44. The molecule has 146 valence electrons. The number of rotatable bonds is 8. The maximum Gasteiger partial charge on any atom is 0.216 e. The van der Waals surface area contributed by atoms with Crippen molar-refractivity contribution in [3.8, 4) is 28.6 Å². The Bertz CT molecular complexity index is 1030. The third-order valence-corrected chi connectivity index (χ3v) is 4.17. The average Bonchev–Trinajstić information content (AvgIpc) is 3.07. The third kappa shape index (κ3) is 4.07. The molecule has 0 bridgehead atoms. The van der Waals surface area contributed by atoms with Crippen LogP contribution in [0.15, 0.2) is 47.6 Å². The number of nitrogens with one attached hydrogen (secondary N) is 1. The summed E-state index contributed by atoms with van der Waals surface area (Å²) in [5.74, 6) is 2.54. The quantitative estimate of drug-likeness (QED) is 0.452. The van der Waals surface area contributed by atoms with Gasteiger partial charge in [0.15, 0.2) is 17.3 Å². The smallest absolute Gasteiger partial charge is 0.216 e.